The number of fused-ring (bicyclic) bond motifs is 1. The van der Waals surface area contributed by atoms with Crippen LogP contribution in [-0.4, -0.2) is 31.2 Å². The van der Waals surface area contributed by atoms with Gasteiger partial charge in [-0.25, -0.2) is 14.8 Å². The first-order valence-corrected chi connectivity index (χ1v) is 7.08. The average molecular weight is 315 g/mol. The van der Waals surface area contributed by atoms with Crippen molar-refractivity contribution in [2.24, 2.45) is 0 Å². The molecule has 0 bridgehead atoms. The van der Waals surface area contributed by atoms with Crippen LogP contribution in [0.25, 0.3) is 16.9 Å². The molecule has 1 amide bonds. The first kappa shape index (κ1) is 15.0. The Bertz CT molecular complexity index is 846. The first-order valence-electron chi connectivity index (χ1n) is 7.08. The maximum atomic E-state index is 11.9. The summed E-state index contributed by atoms with van der Waals surface area (Å²) >= 11 is 0. The molecule has 0 aliphatic carbocycles. The van der Waals surface area contributed by atoms with E-state index in [-0.39, 0.29) is 0 Å². The van der Waals surface area contributed by atoms with Crippen molar-refractivity contribution in [1.82, 2.24) is 19.5 Å². The van der Waals surface area contributed by atoms with Crippen molar-refractivity contribution in [3.63, 3.8) is 0 Å². The van der Waals surface area contributed by atoms with Gasteiger partial charge < -0.3 is 13.7 Å². The van der Waals surface area contributed by atoms with Gasteiger partial charge in [-0.3, -0.25) is 5.32 Å². The van der Waals surface area contributed by atoms with E-state index in [4.69, 9.17) is 9.26 Å². The van der Waals surface area contributed by atoms with Crippen LogP contribution in [0, 0.1) is 6.92 Å². The van der Waals surface area contributed by atoms with Crippen LogP contribution in [0.2, 0.25) is 0 Å². The van der Waals surface area contributed by atoms with Crippen molar-refractivity contribution >= 4 is 17.6 Å². The van der Waals surface area contributed by atoms with Gasteiger partial charge in [-0.15, -0.1) is 0 Å². The summed E-state index contributed by atoms with van der Waals surface area (Å²) < 4.78 is 11.9. The summed E-state index contributed by atoms with van der Waals surface area (Å²) in [7, 11) is 0. The first-order chi connectivity index (χ1) is 10.8. The lowest BCUT2D eigenvalue weighted by molar-refractivity contribution is 0.0635. The highest BCUT2D eigenvalue weighted by Crippen LogP contribution is 2.23. The molecule has 0 saturated carbocycles. The van der Waals surface area contributed by atoms with E-state index in [1.54, 1.807) is 37.6 Å². The number of hydrogen-bond acceptors (Lipinski definition) is 6. The second kappa shape index (κ2) is 5.38. The third kappa shape index (κ3) is 3.31. The molecule has 0 unspecified atom stereocenters. The van der Waals surface area contributed by atoms with Gasteiger partial charge >= 0.3 is 6.09 Å². The second-order valence-electron chi connectivity index (χ2n) is 6.13. The van der Waals surface area contributed by atoms with E-state index in [1.807, 2.05) is 13.1 Å². The van der Waals surface area contributed by atoms with Gasteiger partial charge in [-0.2, -0.15) is 0 Å². The van der Waals surface area contributed by atoms with Crippen molar-refractivity contribution in [3.05, 3.63) is 30.5 Å². The maximum Gasteiger partial charge on any atom is 0.413 e. The Kier molecular flexibility index (Phi) is 3.51. The molecular formula is C15H17N5O3. The molecule has 0 radical (unpaired) electrons. The van der Waals surface area contributed by atoms with Crippen molar-refractivity contribution in [2.45, 2.75) is 33.3 Å². The van der Waals surface area contributed by atoms with Gasteiger partial charge in [0.25, 0.3) is 0 Å². The largest absolute Gasteiger partial charge is 0.444 e. The Morgan fingerprint density at radius 1 is 1.30 bits per heavy atom. The van der Waals surface area contributed by atoms with Crippen molar-refractivity contribution < 1.29 is 14.1 Å². The van der Waals surface area contributed by atoms with Gasteiger partial charge in [0.05, 0.1) is 23.7 Å². The zero-order chi connectivity index (χ0) is 16.6. The van der Waals surface area contributed by atoms with Crippen LogP contribution >= 0.6 is 0 Å². The number of carbonyl (C=O) groups is 1. The van der Waals surface area contributed by atoms with E-state index < -0.39 is 11.7 Å². The monoisotopic (exact) mass is 315 g/mol. The second-order valence-corrected chi connectivity index (χ2v) is 6.13. The fraction of sp³-hybridized carbons (Fsp3) is 0.333. The van der Waals surface area contributed by atoms with E-state index in [0.29, 0.717) is 22.7 Å². The zero-order valence-electron chi connectivity index (χ0n) is 13.3. The standard InChI is InChI=1S/C15H17N5O3/c1-9-6-20-7-11(19-14(21)23-15(2,3)4)18-13(20)12(17-9)10-5-16-22-8-10/h5-8H,1-4H3,(H,19,21). The van der Waals surface area contributed by atoms with E-state index in [0.717, 1.165) is 5.69 Å². The predicted octanol–water partition coefficient (Wildman–Crippen LogP) is 3.04. The lowest BCUT2D eigenvalue weighted by Crippen LogP contribution is -2.27. The molecule has 0 saturated heterocycles. The molecule has 0 aliphatic heterocycles. The predicted molar refractivity (Wildman–Crippen MR) is 83.1 cm³/mol. The Hall–Kier alpha value is -2.90. The van der Waals surface area contributed by atoms with Gasteiger partial charge in [0, 0.05) is 6.20 Å². The number of hydrogen-bond donors (Lipinski definition) is 1. The molecule has 3 aromatic rings. The number of nitrogens with one attached hydrogen (secondary N) is 1. The Morgan fingerprint density at radius 3 is 2.74 bits per heavy atom. The number of nitrogens with zero attached hydrogens (tertiary/aromatic N) is 4. The number of amides is 1. The SMILES string of the molecule is Cc1cn2cc(NC(=O)OC(C)(C)C)nc2c(-c2cnoc2)n1. The minimum absolute atomic E-state index is 0.379. The minimum Gasteiger partial charge on any atom is -0.444 e. The molecule has 3 heterocycles. The highest BCUT2D eigenvalue weighted by molar-refractivity contribution is 5.85. The third-order valence-corrected chi connectivity index (χ3v) is 2.89. The fourth-order valence-corrected chi connectivity index (χ4v) is 2.11. The quantitative estimate of drug-likeness (QED) is 0.781. The van der Waals surface area contributed by atoms with Crippen LogP contribution in [0.15, 0.2) is 29.4 Å². The summed E-state index contributed by atoms with van der Waals surface area (Å²) in [4.78, 5) is 20.7. The molecule has 120 valence electrons. The number of rotatable bonds is 2. The summed E-state index contributed by atoms with van der Waals surface area (Å²) in [6, 6.07) is 0. The average Bonchev–Trinajstić information content (AvgIpc) is 3.03. The molecule has 3 aromatic heterocycles. The van der Waals surface area contributed by atoms with Crippen LogP contribution < -0.4 is 5.32 Å². The van der Waals surface area contributed by atoms with Crippen LogP contribution in [-0.2, 0) is 4.74 Å². The zero-order valence-corrected chi connectivity index (χ0v) is 13.3. The molecule has 0 spiro atoms. The third-order valence-electron chi connectivity index (χ3n) is 2.89. The Labute approximate surface area is 132 Å². The van der Waals surface area contributed by atoms with E-state index >= 15 is 0 Å². The molecular weight excluding hydrogens is 298 g/mol. The van der Waals surface area contributed by atoms with Gasteiger partial charge in [0.15, 0.2) is 11.5 Å². The highest BCUT2D eigenvalue weighted by Gasteiger charge is 2.18. The topological polar surface area (TPSA) is 94.5 Å². The smallest absolute Gasteiger partial charge is 0.413 e. The summed E-state index contributed by atoms with van der Waals surface area (Å²) in [5.41, 5.74) is 2.16. The summed E-state index contributed by atoms with van der Waals surface area (Å²) in [6.07, 6.45) is 6.02. The van der Waals surface area contributed by atoms with Gasteiger partial charge in [-0.05, 0) is 27.7 Å². The molecule has 1 N–H and O–H groups in total. The molecule has 3 rings (SSSR count). The fourth-order valence-electron chi connectivity index (χ4n) is 2.11. The molecule has 0 aromatic carbocycles. The number of ether oxygens (including phenoxy) is 1. The Morgan fingerprint density at radius 2 is 2.09 bits per heavy atom. The number of carbonyl (C=O) groups excluding carboxylic acids is 1. The van der Waals surface area contributed by atoms with E-state index in [9.17, 15) is 4.79 Å². The molecule has 0 fully saturated rings. The summed E-state index contributed by atoms with van der Waals surface area (Å²) in [6.45, 7) is 7.27. The van der Waals surface area contributed by atoms with Crippen LogP contribution in [0.5, 0.6) is 0 Å². The number of anilines is 1. The van der Waals surface area contributed by atoms with Gasteiger partial charge in [-0.1, -0.05) is 5.16 Å². The molecule has 8 nitrogen and oxygen atoms in total. The van der Waals surface area contributed by atoms with E-state index in [2.05, 4.69) is 20.4 Å². The van der Waals surface area contributed by atoms with Crippen LogP contribution in [0.4, 0.5) is 10.6 Å². The number of aryl methyl sites for hydroxylation is 1. The van der Waals surface area contributed by atoms with Crippen LogP contribution in [0.3, 0.4) is 0 Å². The molecule has 8 heteroatoms. The van der Waals surface area contributed by atoms with Crippen molar-refractivity contribution in [3.8, 4) is 11.3 Å². The van der Waals surface area contributed by atoms with Crippen molar-refractivity contribution in [1.29, 1.82) is 0 Å². The number of imidazole rings is 1. The number of aromatic nitrogens is 4. The lowest BCUT2D eigenvalue weighted by Gasteiger charge is -2.18. The van der Waals surface area contributed by atoms with E-state index in [1.165, 1.54) is 6.26 Å². The van der Waals surface area contributed by atoms with Gasteiger partial charge in [0.2, 0.25) is 0 Å². The van der Waals surface area contributed by atoms with Crippen LogP contribution in [0.1, 0.15) is 26.5 Å². The highest BCUT2D eigenvalue weighted by atomic mass is 16.6. The maximum absolute atomic E-state index is 11.9. The van der Waals surface area contributed by atoms with Crippen molar-refractivity contribution in [2.75, 3.05) is 5.32 Å². The summed E-state index contributed by atoms with van der Waals surface area (Å²) in [5.74, 6) is 0.379. The lowest BCUT2D eigenvalue weighted by atomic mass is 10.2. The molecule has 23 heavy (non-hydrogen) atoms. The normalized spacial score (nSPS) is 11.7. The Balaban J connectivity index is 1.96. The molecule has 0 aliphatic rings. The minimum atomic E-state index is -0.574. The molecule has 0 atom stereocenters. The van der Waals surface area contributed by atoms with Gasteiger partial charge in [0.1, 0.15) is 17.6 Å². The summed E-state index contributed by atoms with van der Waals surface area (Å²) in [5, 5.41) is 6.31.